The van der Waals surface area contributed by atoms with Gasteiger partial charge in [-0.1, -0.05) is 70.4 Å². The molecule has 2 heteroatoms. The van der Waals surface area contributed by atoms with Crippen molar-refractivity contribution in [3.8, 4) is 0 Å². The molecular formula is C19H37NO. The zero-order chi connectivity index (χ0) is 15.6. The van der Waals surface area contributed by atoms with Crippen molar-refractivity contribution in [1.29, 1.82) is 0 Å². The molecule has 0 saturated carbocycles. The lowest BCUT2D eigenvalue weighted by atomic mass is 10.1. The van der Waals surface area contributed by atoms with Gasteiger partial charge in [-0.15, -0.1) is 0 Å². The molecule has 0 aromatic rings. The van der Waals surface area contributed by atoms with Crippen molar-refractivity contribution in [3.63, 3.8) is 0 Å². The van der Waals surface area contributed by atoms with Gasteiger partial charge >= 0.3 is 0 Å². The minimum atomic E-state index is 0.174. The van der Waals surface area contributed by atoms with Crippen LogP contribution in [0.1, 0.15) is 96.8 Å². The van der Waals surface area contributed by atoms with E-state index < -0.39 is 0 Å². The van der Waals surface area contributed by atoms with Gasteiger partial charge in [0.25, 0.3) is 0 Å². The van der Waals surface area contributed by atoms with Gasteiger partial charge in [-0.25, -0.2) is 0 Å². The maximum Gasteiger partial charge on any atom is 0.219 e. The van der Waals surface area contributed by atoms with Crippen molar-refractivity contribution < 1.29 is 4.79 Å². The second-order valence-corrected chi connectivity index (χ2v) is 6.01. The van der Waals surface area contributed by atoms with Crippen molar-refractivity contribution in [1.82, 2.24) is 5.32 Å². The molecule has 1 N–H and O–H groups in total. The molecule has 0 aliphatic heterocycles. The molecule has 0 rings (SSSR count). The minimum Gasteiger partial charge on any atom is -0.359 e. The van der Waals surface area contributed by atoms with Gasteiger partial charge in [0.15, 0.2) is 0 Å². The van der Waals surface area contributed by atoms with Crippen LogP contribution in [0, 0.1) is 0 Å². The second-order valence-electron chi connectivity index (χ2n) is 6.01. The van der Waals surface area contributed by atoms with Crippen LogP contribution in [0.25, 0.3) is 0 Å². The summed E-state index contributed by atoms with van der Waals surface area (Å²) in [5.41, 5.74) is 0. The Morgan fingerprint density at radius 2 is 1.24 bits per heavy atom. The Bertz CT molecular complexity index is 248. The third-order valence-electron chi connectivity index (χ3n) is 3.94. The van der Waals surface area contributed by atoms with E-state index in [1.165, 1.54) is 77.0 Å². The third kappa shape index (κ3) is 17.2. The number of nitrogens with one attached hydrogen (secondary N) is 1. The van der Waals surface area contributed by atoms with E-state index in [0.717, 1.165) is 6.42 Å². The highest BCUT2D eigenvalue weighted by atomic mass is 16.1. The van der Waals surface area contributed by atoms with Crippen LogP contribution in [0.15, 0.2) is 12.2 Å². The lowest BCUT2D eigenvalue weighted by Gasteiger charge is -2.00. The quantitative estimate of drug-likeness (QED) is 0.301. The molecule has 0 bridgehead atoms. The summed E-state index contributed by atoms with van der Waals surface area (Å²) < 4.78 is 0. The molecule has 21 heavy (non-hydrogen) atoms. The fourth-order valence-electron chi connectivity index (χ4n) is 2.48. The Labute approximate surface area is 132 Å². The number of allylic oxidation sites excluding steroid dienone is 2. The molecule has 0 aromatic heterocycles. The number of hydrogen-bond donors (Lipinski definition) is 1. The Morgan fingerprint density at radius 3 is 1.76 bits per heavy atom. The summed E-state index contributed by atoms with van der Waals surface area (Å²) in [6.07, 6.45) is 22.3. The van der Waals surface area contributed by atoms with Crippen LogP contribution in [0.4, 0.5) is 0 Å². The molecule has 0 atom stereocenters. The molecule has 0 aliphatic rings. The molecule has 0 radical (unpaired) electrons. The van der Waals surface area contributed by atoms with Crippen LogP contribution in [0.5, 0.6) is 0 Å². The summed E-state index contributed by atoms with van der Waals surface area (Å²) in [7, 11) is 1.71. The predicted molar refractivity (Wildman–Crippen MR) is 93.5 cm³/mol. The van der Waals surface area contributed by atoms with E-state index in [1.54, 1.807) is 7.05 Å². The average Bonchev–Trinajstić information content (AvgIpc) is 2.50. The first kappa shape index (κ1) is 20.2. The van der Waals surface area contributed by atoms with Gasteiger partial charge in [0.2, 0.25) is 5.91 Å². The first-order chi connectivity index (χ1) is 10.3. The predicted octanol–water partition coefficient (Wildman–Crippen LogP) is 5.77. The summed E-state index contributed by atoms with van der Waals surface area (Å²) in [5, 5.41) is 2.67. The maximum atomic E-state index is 11.0. The zero-order valence-electron chi connectivity index (χ0n) is 14.5. The second kappa shape index (κ2) is 17.3. The summed E-state index contributed by atoms with van der Waals surface area (Å²) in [4.78, 5) is 11.0. The topological polar surface area (TPSA) is 29.1 Å². The van der Waals surface area contributed by atoms with Crippen molar-refractivity contribution in [3.05, 3.63) is 12.2 Å². The summed E-state index contributed by atoms with van der Waals surface area (Å²) in [5.74, 6) is 0.174. The monoisotopic (exact) mass is 295 g/mol. The maximum absolute atomic E-state index is 11.0. The molecule has 1 amide bonds. The summed E-state index contributed by atoms with van der Waals surface area (Å²) in [6.45, 7) is 2.27. The molecule has 2 nitrogen and oxygen atoms in total. The Balaban J connectivity index is 3.10. The van der Waals surface area contributed by atoms with Gasteiger partial charge in [0.1, 0.15) is 0 Å². The highest BCUT2D eigenvalue weighted by molar-refractivity contribution is 5.75. The Hall–Kier alpha value is -0.790. The van der Waals surface area contributed by atoms with Crippen molar-refractivity contribution >= 4 is 5.91 Å². The van der Waals surface area contributed by atoms with Gasteiger partial charge in [-0.3, -0.25) is 4.79 Å². The first-order valence-electron chi connectivity index (χ1n) is 9.16. The molecule has 0 aliphatic carbocycles. The molecule has 0 spiro atoms. The van der Waals surface area contributed by atoms with E-state index in [0.29, 0.717) is 6.42 Å². The lowest BCUT2D eigenvalue weighted by Crippen LogP contribution is -2.16. The van der Waals surface area contributed by atoms with Crippen LogP contribution in [-0.2, 0) is 4.79 Å². The van der Waals surface area contributed by atoms with E-state index in [9.17, 15) is 4.79 Å². The summed E-state index contributed by atoms with van der Waals surface area (Å²) in [6, 6.07) is 0. The van der Waals surface area contributed by atoms with Crippen LogP contribution in [0.2, 0.25) is 0 Å². The molecule has 0 unspecified atom stereocenters. The molecule has 124 valence electrons. The largest absolute Gasteiger partial charge is 0.359 e. The van der Waals surface area contributed by atoms with Gasteiger partial charge in [-0.2, -0.15) is 0 Å². The van der Waals surface area contributed by atoms with Crippen LogP contribution in [-0.4, -0.2) is 13.0 Å². The van der Waals surface area contributed by atoms with Gasteiger partial charge in [0.05, 0.1) is 0 Å². The third-order valence-corrected chi connectivity index (χ3v) is 3.94. The SMILES string of the molecule is CCCCCCCC/C=C/CCCCCCCC(=O)NC. The molecule has 0 fully saturated rings. The number of unbranched alkanes of at least 4 members (excludes halogenated alkanes) is 11. The Morgan fingerprint density at radius 1 is 0.762 bits per heavy atom. The number of carbonyl (C=O) groups excluding carboxylic acids is 1. The number of carbonyl (C=O) groups is 1. The van der Waals surface area contributed by atoms with Crippen molar-refractivity contribution in [2.24, 2.45) is 0 Å². The van der Waals surface area contributed by atoms with E-state index in [1.807, 2.05) is 0 Å². The van der Waals surface area contributed by atoms with Crippen molar-refractivity contribution in [2.45, 2.75) is 96.8 Å². The molecule has 0 heterocycles. The van der Waals surface area contributed by atoms with Gasteiger partial charge in [0, 0.05) is 13.5 Å². The zero-order valence-corrected chi connectivity index (χ0v) is 14.5. The van der Waals surface area contributed by atoms with E-state index in [4.69, 9.17) is 0 Å². The summed E-state index contributed by atoms with van der Waals surface area (Å²) >= 11 is 0. The average molecular weight is 296 g/mol. The smallest absolute Gasteiger partial charge is 0.219 e. The standard InChI is InChI=1S/C19H37NO/c1-3-4-5-6-7-8-9-10-11-12-13-14-15-16-17-18-19(21)20-2/h10-11H,3-9,12-18H2,1-2H3,(H,20,21)/b11-10+. The molecule has 0 aromatic carbocycles. The number of hydrogen-bond acceptors (Lipinski definition) is 1. The lowest BCUT2D eigenvalue weighted by molar-refractivity contribution is -0.120. The minimum absolute atomic E-state index is 0.174. The first-order valence-corrected chi connectivity index (χ1v) is 9.16. The fourth-order valence-corrected chi connectivity index (χ4v) is 2.48. The van der Waals surface area contributed by atoms with Gasteiger partial charge in [-0.05, 0) is 32.1 Å². The van der Waals surface area contributed by atoms with E-state index in [-0.39, 0.29) is 5.91 Å². The number of rotatable bonds is 15. The van der Waals surface area contributed by atoms with Crippen LogP contribution in [0.3, 0.4) is 0 Å². The van der Waals surface area contributed by atoms with E-state index >= 15 is 0 Å². The Kier molecular flexibility index (Phi) is 16.6. The van der Waals surface area contributed by atoms with Crippen LogP contribution >= 0.6 is 0 Å². The highest BCUT2D eigenvalue weighted by Gasteiger charge is 1.96. The van der Waals surface area contributed by atoms with Crippen LogP contribution < -0.4 is 5.32 Å². The molecular weight excluding hydrogens is 258 g/mol. The van der Waals surface area contributed by atoms with Gasteiger partial charge < -0.3 is 5.32 Å². The highest BCUT2D eigenvalue weighted by Crippen LogP contribution is 2.09. The molecule has 0 saturated heterocycles. The van der Waals surface area contributed by atoms with E-state index in [2.05, 4.69) is 24.4 Å². The number of amides is 1. The fraction of sp³-hybridized carbons (Fsp3) is 0.842. The normalized spacial score (nSPS) is 11.1. The van der Waals surface area contributed by atoms with Crippen molar-refractivity contribution in [2.75, 3.05) is 7.05 Å².